The van der Waals surface area contributed by atoms with Gasteiger partial charge >= 0.3 is 0 Å². The van der Waals surface area contributed by atoms with Crippen molar-refractivity contribution in [2.75, 3.05) is 13.1 Å². The molecule has 3 aromatic rings. The van der Waals surface area contributed by atoms with Crippen molar-refractivity contribution >= 4 is 38.3 Å². The van der Waals surface area contributed by atoms with Gasteiger partial charge in [-0.3, -0.25) is 4.79 Å². The molecule has 0 unspecified atom stereocenters. The largest absolute Gasteiger partial charge is 0.355 e. The molecule has 0 bridgehead atoms. The highest BCUT2D eigenvalue weighted by Crippen LogP contribution is 2.16. The maximum Gasteiger partial charge on any atom is 0.250 e. The van der Waals surface area contributed by atoms with Crippen LogP contribution in [0.3, 0.4) is 0 Å². The average Bonchev–Trinajstić information content (AvgIpc) is 3.24. The number of nitrogens with zero attached hydrogens (tertiary/aromatic N) is 2. The van der Waals surface area contributed by atoms with E-state index in [2.05, 4.69) is 15.0 Å². The van der Waals surface area contributed by atoms with Gasteiger partial charge in [-0.1, -0.05) is 6.07 Å². The molecule has 0 radical (unpaired) electrons. The smallest absolute Gasteiger partial charge is 0.250 e. The Labute approximate surface area is 153 Å². The van der Waals surface area contributed by atoms with E-state index >= 15 is 0 Å². The minimum Gasteiger partial charge on any atom is -0.355 e. The lowest BCUT2D eigenvalue weighted by Crippen LogP contribution is -2.37. The molecule has 2 heterocycles. The Morgan fingerprint density at radius 3 is 2.88 bits per heavy atom. The predicted octanol–water partition coefficient (Wildman–Crippen LogP) is 1.41. The van der Waals surface area contributed by atoms with Gasteiger partial charge < -0.3 is 9.88 Å². The van der Waals surface area contributed by atoms with Crippen molar-refractivity contribution in [3.05, 3.63) is 47.4 Å². The molecule has 0 atom stereocenters. The van der Waals surface area contributed by atoms with Crippen molar-refractivity contribution in [2.24, 2.45) is 7.05 Å². The first-order valence-electron chi connectivity index (χ1n) is 7.77. The summed E-state index contributed by atoms with van der Waals surface area (Å²) in [7, 11) is -1.88. The van der Waals surface area contributed by atoms with Gasteiger partial charge in [-0.2, -0.15) is 0 Å². The summed E-state index contributed by atoms with van der Waals surface area (Å²) in [6.45, 7) is -0.0484. The third-order valence-electron chi connectivity index (χ3n) is 3.79. The van der Waals surface area contributed by atoms with Crippen molar-refractivity contribution in [3.63, 3.8) is 0 Å². The van der Waals surface area contributed by atoms with Crippen LogP contribution in [0.2, 0.25) is 0 Å². The average molecular weight is 396 g/mol. The summed E-state index contributed by atoms with van der Waals surface area (Å²) in [4.78, 5) is 16.2. The Kier molecular flexibility index (Phi) is 5.35. The molecule has 0 saturated heterocycles. The van der Waals surface area contributed by atoms with E-state index in [9.17, 15) is 17.6 Å². The number of hydrogen-bond donors (Lipinski definition) is 2. The van der Waals surface area contributed by atoms with Crippen LogP contribution in [-0.4, -0.2) is 37.0 Å². The van der Waals surface area contributed by atoms with E-state index in [4.69, 9.17) is 0 Å². The fourth-order valence-electron chi connectivity index (χ4n) is 2.46. The molecule has 2 aromatic heterocycles. The summed E-state index contributed by atoms with van der Waals surface area (Å²) < 4.78 is 41.4. The molecule has 138 valence electrons. The first-order valence-corrected chi connectivity index (χ1v) is 10.1. The molecule has 1 aromatic carbocycles. The van der Waals surface area contributed by atoms with Crippen molar-refractivity contribution in [3.8, 4) is 0 Å². The molecule has 10 heteroatoms. The van der Waals surface area contributed by atoms with Crippen molar-refractivity contribution < 1.29 is 17.6 Å². The first-order chi connectivity index (χ1) is 12.4. The number of benzene rings is 1. The van der Waals surface area contributed by atoms with E-state index in [0.29, 0.717) is 29.8 Å². The zero-order valence-corrected chi connectivity index (χ0v) is 15.5. The number of hydrogen-bond acceptors (Lipinski definition) is 5. The molecule has 2 N–H and O–H groups in total. The summed E-state index contributed by atoms with van der Waals surface area (Å²) in [6, 6.07) is 7.46. The fourth-order valence-corrected chi connectivity index (χ4v) is 4.48. The number of amides is 1. The van der Waals surface area contributed by atoms with Crippen LogP contribution in [0.15, 0.2) is 39.9 Å². The third kappa shape index (κ3) is 4.09. The number of sulfonamides is 1. The highest BCUT2D eigenvalue weighted by Gasteiger charge is 2.16. The number of aromatic nitrogens is 2. The van der Waals surface area contributed by atoms with Gasteiger partial charge in [0.15, 0.2) is 0 Å². The number of halogens is 1. The van der Waals surface area contributed by atoms with Gasteiger partial charge in [0.25, 0.3) is 10.0 Å². The van der Waals surface area contributed by atoms with Crippen LogP contribution in [0.4, 0.5) is 4.39 Å². The molecule has 0 saturated carbocycles. The van der Waals surface area contributed by atoms with E-state index < -0.39 is 15.9 Å². The standard InChI is InChI=1S/C16H17FN4O3S2/c1-21-13-9-11(17)4-5-12(13)20-14(21)6-7-18-15(22)10-19-26(23,24)16-3-2-8-25-16/h2-5,8-9,19H,6-7,10H2,1H3,(H,18,22). The van der Waals surface area contributed by atoms with E-state index in [1.165, 1.54) is 18.2 Å². The lowest BCUT2D eigenvalue weighted by atomic mass is 10.3. The second kappa shape index (κ2) is 7.52. The maximum atomic E-state index is 13.3. The Morgan fingerprint density at radius 1 is 1.35 bits per heavy atom. The van der Waals surface area contributed by atoms with Crippen LogP contribution in [0.1, 0.15) is 5.82 Å². The Bertz CT molecular complexity index is 1030. The molecule has 3 rings (SSSR count). The van der Waals surface area contributed by atoms with E-state index in [1.807, 2.05) is 0 Å². The Morgan fingerprint density at radius 2 is 2.15 bits per heavy atom. The van der Waals surface area contributed by atoms with E-state index in [0.717, 1.165) is 11.3 Å². The van der Waals surface area contributed by atoms with Crippen LogP contribution in [0.5, 0.6) is 0 Å². The summed E-state index contributed by atoms with van der Waals surface area (Å²) >= 11 is 1.08. The number of rotatable bonds is 7. The first kappa shape index (κ1) is 18.5. The van der Waals surface area contributed by atoms with Gasteiger partial charge in [0.2, 0.25) is 5.91 Å². The van der Waals surface area contributed by atoms with Crippen LogP contribution >= 0.6 is 11.3 Å². The van der Waals surface area contributed by atoms with E-state index in [1.54, 1.807) is 29.1 Å². The highest BCUT2D eigenvalue weighted by molar-refractivity contribution is 7.91. The van der Waals surface area contributed by atoms with Crippen LogP contribution in [0.25, 0.3) is 11.0 Å². The van der Waals surface area contributed by atoms with Gasteiger partial charge in [-0.15, -0.1) is 11.3 Å². The van der Waals surface area contributed by atoms with Gasteiger partial charge in [-0.25, -0.2) is 22.5 Å². The monoisotopic (exact) mass is 396 g/mol. The molecule has 7 nitrogen and oxygen atoms in total. The topological polar surface area (TPSA) is 93.1 Å². The molecule has 0 aliphatic rings. The number of fused-ring (bicyclic) bond motifs is 1. The normalized spacial score (nSPS) is 11.8. The molecular formula is C16H17FN4O3S2. The van der Waals surface area contributed by atoms with Crippen molar-refractivity contribution in [1.82, 2.24) is 19.6 Å². The van der Waals surface area contributed by atoms with Crippen LogP contribution in [-0.2, 0) is 28.3 Å². The zero-order valence-electron chi connectivity index (χ0n) is 13.9. The SMILES string of the molecule is Cn1c(CCNC(=O)CNS(=O)(=O)c2cccs2)nc2ccc(F)cc21. The zero-order chi connectivity index (χ0) is 18.7. The molecule has 0 fully saturated rings. The van der Waals surface area contributed by atoms with E-state index in [-0.39, 0.29) is 16.6 Å². The summed E-state index contributed by atoms with van der Waals surface area (Å²) in [5, 5.41) is 4.29. The molecule has 1 amide bonds. The summed E-state index contributed by atoms with van der Waals surface area (Å²) in [5.41, 5.74) is 1.36. The molecule has 0 aliphatic heterocycles. The second-order valence-corrected chi connectivity index (χ2v) is 8.52. The Hall–Kier alpha value is -2.30. The van der Waals surface area contributed by atoms with Gasteiger partial charge in [0.05, 0.1) is 17.6 Å². The number of aryl methyl sites for hydroxylation is 1. The minimum atomic E-state index is -3.66. The quantitative estimate of drug-likeness (QED) is 0.632. The highest BCUT2D eigenvalue weighted by atomic mass is 32.2. The number of thiophene rings is 1. The van der Waals surface area contributed by atoms with Crippen molar-refractivity contribution in [2.45, 2.75) is 10.6 Å². The van der Waals surface area contributed by atoms with Gasteiger partial charge in [0, 0.05) is 20.0 Å². The molecular weight excluding hydrogens is 379 g/mol. The minimum absolute atomic E-state index is 0.164. The molecule has 26 heavy (non-hydrogen) atoms. The second-order valence-electron chi connectivity index (χ2n) is 5.58. The number of imidazole rings is 1. The maximum absolute atomic E-state index is 13.3. The number of carbonyl (C=O) groups is 1. The predicted molar refractivity (Wildman–Crippen MR) is 96.9 cm³/mol. The van der Waals surface area contributed by atoms with Crippen LogP contribution < -0.4 is 10.0 Å². The lowest BCUT2D eigenvalue weighted by Gasteiger charge is -2.07. The van der Waals surface area contributed by atoms with Crippen LogP contribution in [0, 0.1) is 5.82 Å². The summed E-state index contributed by atoms with van der Waals surface area (Å²) in [6.07, 6.45) is 0.441. The van der Waals surface area contributed by atoms with Gasteiger partial charge in [-0.05, 0) is 29.6 Å². The molecule has 0 spiro atoms. The van der Waals surface area contributed by atoms with Crippen molar-refractivity contribution in [1.29, 1.82) is 0 Å². The molecule has 0 aliphatic carbocycles. The third-order valence-corrected chi connectivity index (χ3v) is 6.59. The number of carbonyl (C=O) groups excluding carboxylic acids is 1. The Balaban J connectivity index is 1.52. The number of nitrogens with one attached hydrogen (secondary N) is 2. The fraction of sp³-hybridized carbons (Fsp3) is 0.250. The summed E-state index contributed by atoms with van der Waals surface area (Å²) in [5.74, 6) is -0.0709. The lowest BCUT2D eigenvalue weighted by molar-refractivity contribution is -0.119. The van der Waals surface area contributed by atoms with Gasteiger partial charge in [0.1, 0.15) is 15.9 Å².